The third-order valence-corrected chi connectivity index (χ3v) is 6.00. The van der Waals surface area contributed by atoms with E-state index >= 15 is 0 Å². The van der Waals surface area contributed by atoms with Gasteiger partial charge in [0.15, 0.2) is 0 Å². The summed E-state index contributed by atoms with van der Waals surface area (Å²) in [6, 6.07) is 19.1. The van der Waals surface area contributed by atoms with Gasteiger partial charge in [-0.3, -0.25) is 4.79 Å². The van der Waals surface area contributed by atoms with E-state index in [2.05, 4.69) is 6.07 Å². The quantitative estimate of drug-likeness (QED) is 0.575. The molecular formula is C27H27N3O4. The minimum atomic E-state index is -0.683. The molecule has 7 heteroatoms. The summed E-state index contributed by atoms with van der Waals surface area (Å²) in [6.45, 7) is 4.68. The topological polar surface area (TPSA) is 99.5 Å². The first kappa shape index (κ1) is 23.0. The van der Waals surface area contributed by atoms with Crippen LogP contribution >= 0.6 is 0 Å². The molecule has 2 N–H and O–H groups in total. The van der Waals surface area contributed by atoms with Crippen molar-refractivity contribution in [3.63, 3.8) is 0 Å². The highest BCUT2D eigenvalue weighted by Gasteiger charge is 2.35. The van der Waals surface area contributed by atoms with E-state index in [9.17, 15) is 10.1 Å². The number of hydrogen-bond acceptors (Lipinski definition) is 6. The van der Waals surface area contributed by atoms with Crippen LogP contribution in [0, 0.1) is 18.3 Å². The third kappa shape index (κ3) is 4.23. The molecule has 7 nitrogen and oxygen atoms in total. The number of pyridine rings is 1. The molecule has 1 aromatic heterocycles. The van der Waals surface area contributed by atoms with Crippen molar-refractivity contribution in [3.05, 3.63) is 98.8 Å². The normalized spacial score (nSPS) is 14.7. The summed E-state index contributed by atoms with van der Waals surface area (Å²) in [6.07, 6.45) is 0.660. The lowest BCUT2D eigenvalue weighted by Gasteiger charge is -2.28. The number of nitrogens with zero attached hydrogens (tertiary/aromatic N) is 2. The Morgan fingerprint density at radius 2 is 1.91 bits per heavy atom. The molecule has 0 spiro atoms. The standard InChI is InChI=1S/C27H27N3O4/c1-4-33-22-8-6-5-7-20(22)24-21(16-28)26(29)34-23-15-17(2)30(27(31)25(23)24)14-13-18-9-11-19(32-3)12-10-18/h5-12,15,24H,4,13-14,29H2,1-3H3. The van der Waals surface area contributed by atoms with Gasteiger partial charge in [0.25, 0.3) is 5.56 Å². The number of para-hydroxylation sites is 1. The Hall–Kier alpha value is -4.18. The van der Waals surface area contributed by atoms with Gasteiger partial charge in [0.1, 0.15) is 28.9 Å². The number of benzene rings is 2. The van der Waals surface area contributed by atoms with Crippen LogP contribution in [-0.4, -0.2) is 18.3 Å². The number of hydrogen-bond donors (Lipinski definition) is 1. The predicted octanol–water partition coefficient (Wildman–Crippen LogP) is 4.02. The highest BCUT2D eigenvalue weighted by Crippen LogP contribution is 2.43. The summed E-state index contributed by atoms with van der Waals surface area (Å²) >= 11 is 0. The van der Waals surface area contributed by atoms with Crippen molar-refractivity contribution in [2.45, 2.75) is 32.7 Å². The highest BCUT2D eigenvalue weighted by molar-refractivity contribution is 5.58. The van der Waals surface area contributed by atoms with Gasteiger partial charge in [0.2, 0.25) is 5.88 Å². The number of ether oxygens (including phenoxy) is 3. The van der Waals surface area contributed by atoms with Crippen LogP contribution in [0.25, 0.3) is 0 Å². The maximum Gasteiger partial charge on any atom is 0.258 e. The molecule has 4 rings (SSSR count). The average molecular weight is 458 g/mol. The van der Waals surface area contributed by atoms with Gasteiger partial charge in [0.05, 0.1) is 25.2 Å². The van der Waals surface area contributed by atoms with Gasteiger partial charge in [-0.1, -0.05) is 30.3 Å². The summed E-state index contributed by atoms with van der Waals surface area (Å²) in [7, 11) is 1.63. The van der Waals surface area contributed by atoms with Crippen molar-refractivity contribution in [2.24, 2.45) is 5.73 Å². The Morgan fingerprint density at radius 1 is 1.18 bits per heavy atom. The van der Waals surface area contributed by atoms with E-state index in [1.165, 1.54) is 0 Å². The number of rotatable bonds is 7. The van der Waals surface area contributed by atoms with Gasteiger partial charge < -0.3 is 24.5 Å². The molecule has 2 aromatic carbocycles. The molecule has 174 valence electrons. The fourth-order valence-corrected chi connectivity index (χ4v) is 4.31. The molecule has 1 aliphatic heterocycles. The Balaban J connectivity index is 1.81. The van der Waals surface area contributed by atoms with Crippen LogP contribution in [0.1, 0.15) is 35.2 Å². The summed E-state index contributed by atoms with van der Waals surface area (Å²) in [5.74, 6) is 1.08. The molecule has 3 aromatic rings. The van der Waals surface area contributed by atoms with Crippen LogP contribution in [0.15, 0.2) is 70.8 Å². The molecule has 1 aliphatic rings. The smallest absolute Gasteiger partial charge is 0.258 e. The molecule has 1 atom stereocenters. The zero-order chi connectivity index (χ0) is 24.2. The van der Waals surface area contributed by atoms with Crippen LogP contribution in [0.3, 0.4) is 0 Å². The van der Waals surface area contributed by atoms with Gasteiger partial charge in [-0.2, -0.15) is 5.26 Å². The van der Waals surface area contributed by atoms with Crippen LogP contribution in [0.5, 0.6) is 17.2 Å². The number of allylic oxidation sites excluding steroid dienone is 1. The zero-order valence-electron chi connectivity index (χ0n) is 19.5. The summed E-state index contributed by atoms with van der Waals surface area (Å²) < 4.78 is 18.5. The molecular weight excluding hydrogens is 430 g/mol. The van der Waals surface area contributed by atoms with Crippen molar-refractivity contribution in [3.8, 4) is 23.3 Å². The first-order chi connectivity index (χ1) is 16.5. The maximum absolute atomic E-state index is 13.8. The van der Waals surface area contributed by atoms with Crippen molar-refractivity contribution in [2.75, 3.05) is 13.7 Å². The Morgan fingerprint density at radius 3 is 2.59 bits per heavy atom. The lowest BCUT2D eigenvalue weighted by atomic mass is 9.83. The van der Waals surface area contributed by atoms with E-state index in [-0.39, 0.29) is 17.0 Å². The maximum atomic E-state index is 13.8. The first-order valence-corrected chi connectivity index (χ1v) is 11.1. The van der Waals surface area contributed by atoms with Crippen LogP contribution in [-0.2, 0) is 13.0 Å². The molecule has 0 bridgehead atoms. The van der Waals surface area contributed by atoms with E-state index in [1.807, 2.05) is 68.4 Å². The number of aromatic nitrogens is 1. The number of fused-ring (bicyclic) bond motifs is 1. The molecule has 0 aliphatic carbocycles. The Kier molecular flexibility index (Phi) is 6.60. The summed E-state index contributed by atoms with van der Waals surface area (Å²) in [5.41, 5.74) is 9.04. The molecule has 2 heterocycles. The average Bonchev–Trinajstić information content (AvgIpc) is 2.84. The fraction of sp³-hybridized carbons (Fsp3) is 0.259. The van der Waals surface area contributed by atoms with Crippen LogP contribution in [0.4, 0.5) is 0 Å². The fourth-order valence-electron chi connectivity index (χ4n) is 4.31. The van der Waals surface area contributed by atoms with Gasteiger partial charge in [-0.15, -0.1) is 0 Å². The summed E-state index contributed by atoms with van der Waals surface area (Å²) in [5, 5.41) is 9.92. The largest absolute Gasteiger partial charge is 0.497 e. The van der Waals surface area contributed by atoms with Crippen molar-refractivity contribution in [1.82, 2.24) is 4.57 Å². The second kappa shape index (κ2) is 9.75. The second-order valence-electron chi connectivity index (χ2n) is 8.01. The Labute approximate surface area is 198 Å². The lowest BCUT2D eigenvalue weighted by molar-refractivity contribution is 0.334. The number of aryl methyl sites for hydroxylation is 2. The number of methoxy groups -OCH3 is 1. The van der Waals surface area contributed by atoms with E-state index in [1.54, 1.807) is 11.7 Å². The second-order valence-corrected chi connectivity index (χ2v) is 8.01. The first-order valence-electron chi connectivity index (χ1n) is 11.1. The van der Waals surface area contributed by atoms with Crippen molar-refractivity contribution < 1.29 is 14.2 Å². The SMILES string of the molecule is CCOc1ccccc1C1C(C#N)=C(N)Oc2cc(C)n(CCc3ccc(OC)cc3)c(=O)c21. The highest BCUT2D eigenvalue weighted by atomic mass is 16.5. The summed E-state index contributed by atoms with van der Waals surface area (Å²) in [4.78, 5) is 13.8. The van der Waals surface area contributed by atoms with E-state index in [0.29, 0.717) is 42.2 Å². The minimum Gasteiger partial charge on any atom is -0.497 e. The van der Waals surface area contributed by atoms with Crippen molar-refractivity contribution >= 4 is 0 Å². The lowest BCUT2D eigenvalue weighted by Crippen LogP contribution is -2.33. The third-order valence-electron chi connectivity index (χ3n) is 6.00. The van der Waals surface area contributed by atoms with Crippen LogP contribution < -0.4 is 25.5 Å². The molecule has 0 radical (unpaired) electrons. The minimum absolute atomic E-state index is 0.00100. The van der Waals surface area contributed by atoms with Crippen molar-refractivity contribution in [1.29, 1.82) is 5.26 Å². The number of nitrogens with two attached hydrogens (primary N) is 1. The van der Waals surface area contributed by atoms with E-state index in [0.717, 1.165) is 17.0 Å². The Bertz CT molecular complexity index is 1330. The zero-order valence-corrected chi connectivity index (χ0v) is 19.5. The van der Waals surface area contributed by atoms with Gasteiger partial charge in [0, 0.05) is 23.9 Å². The molecule has 0 saturated heterocycles. The van der Waals surface area contributed by atoms with Gasteiger partial charge >= 0.3 is 0 Å². The molecule has 34 heavy (non-hydrogen) atoms. The molecule has 0 amide bonds. The van der Waals surface area contributed by atoms with Crippen LogP contribution in [0.2, 0.25) is 0 Å². The molecule has 0 fully saturated rings. The van der Waals surface area contributed by atoms with Gasteiger partial charge in [-0.05, 0) is 44.0 Å². The monoisotopic (exact) mass is 457 g/mol. The van der Waals surface area contributed by atoms with Gasteiger partial charge in [-0.25, -0.2) is 0 Å². The predicted molar refractivity (Wildman–Crippen MR) is 129 cm³/mol. The molecule has 0 saturated carbocycles. The van der Waals surface area contributed by atoms with E-state index in [4.69, 9.17) is 19.9 Å². The van der Waals surface area contributed by atoms with E-state index < -0.39 is 5.92 Å². The molecule has 1 unspecified atom stereocenters. The number of nitriles is 1.